The summed E-state index contributed by atoms with van der Waals surface area (Å²) in [7, 11) is -3.08. The predicted octanol–water partition coefficient (Wildman–Crippen LogP) is 2.77. The minimum absolute atomic E-state index is 0.152. The number of nitrogens with one attached hydrogen (secondary N) is 1. The lowest BCUT2D eigenvalue weighted by Gasteiger charge is -2.39. The number of pyridine rings is 1. The Kier molecular flexibility index (Phi) is 7.03. The van der Waals surface area contributed by atoms with E-state index in [1.165, 1.54) is 19.3 Å². The minimum atomic E-state index is -3.08. The first-order valence-corrected chi connectivity index (χ1v) is 12.3. The first kappa shape index (κ1) is 21.9. The highest BCUT2D eigenvalue weighted by Gasteiger charge is 2.40. The van der Waals surface area contributed by atoms with Gasteiger partial charge in [-0.05, 0) is 58.1 Å². The Hall–Kier alpha value is -1.83. The van der Waals surface area contributed by atoms with Gasteiger partial charge in [-0.2, -0.15) is 0 Å². The maximum absolute atomic E-state index is 12.3. The molecule has 1 aliphatic carbocycles. The smallest absolute Gasteiger partial charge is 0.213 e. The molecule has 0 spiro atoms. The van der Waals surface area contributed by atoms with E-state index in [0.29, 0.717) is 25.5 Å². The Labute approximate surface area is 174 Å². The van der Waals surface area contributed by atoms with E-state index in [4.69, 9.17) is 9.73 Å². The maximum atomic E-state index is 12.3. The molecule has 1 saturated carbocycles. The average Bonchev–Trinajstić information content (AvgIpc) is 2.68. The molecule has 1 aliphatic heterocycles. The van der Waals surface area contributed by atoms with Crippen LogP contribution in [0.5, 0.6) is 5.88 Å². The zero-order valence-electron chi connectivity index (χ0n) is 17.9. The van der Waals surface area contributed by atoms with Gasteiger partial charge in [0.2, 0.25) is 5.88 Å². The highest BCUT2D eigenvalue weighted by Crippen LogP contribution is 2.24. The van der Waals surface area contributed by atoms with Crippen LogP contribution in [0.1, 0.15) is 58.4 Å². The van der Waals surface area contributed by atoms with Gasteiger partial charge in [0.05, 0.1) is 17.0 Å². The van der Waals surface area contributed by atoms with Crippen molar-refractivity contribution in [2.75, 3.05) is 25.4 Å². The van der Waals surface area contributed by atoms with Crippen molar-refractivity contribution in [2.24, 2.45) is 4.99 Å². The quantitative estimate of drug-likeness (QED) is 0.580. The van der Waals surface area contributed by atoms with E-state index >= 15 is 0 Å². The number of aromatic nitrogens is 1. The van der Waals surface area contributed by atoms with E-state index in [1.54, 1.807) is 20.0 Å². The molecule has 162 valence electrons. The molecule has 2 aliphatic rings. The third-order valence-electron chi connectivity index (χ3n) is 5.73. The summed E-state index contributed by atoms with van der Waals surface area (Å²) in [4.78, 5) is 11.2. The van der Waals surface area contributed by atoms with E-state index in [0.717, 1.165) is 30.9 Å². The monoisotopic (exact) mass is 422 g/mol. The highest BCUT2D eigenvalue weighted by atomic mass is 32.2. The van der Waals surface area contributed by atoms with E-state index in [-0.39, 0.29) is 11.9 Å². The third kappa shape index (κ3) is 5.62. The number of hydrogen-bond donors (Lipinski definition) is 1. The summed E-state index contributed by atoms with van der Waals surface area (Å²) >= 11 is 0. The van der Waals surface area contributed by atoms with Gasteiger partial charge in [-0.25, -0.2) is 18.4 Å². The molecule has 0 bridgehead atoms. The molecule has 1 saturated heterocycles. The van der Waals surface area contributed by atoms with Crippen LogP contribution in [0, 0.1) is 0 Å². The second-order valence-electron chi connectivity index (χ2n) is 8.55. The lowest BCUT2D eigenvalue weighted by molar-refractivity contribution is 0.148. The second-order valence-corrected chi connectivity index (χ2v) is 11.3. The Morgan fingerprint density at radius 1 is 1.34 bits per heavy atom. The average molecular weight is 423 g/mol. The lowest BCUT2D eigenvalue weighted by Crippen LogP contribution is -2.57. The summed E-state index contributed by atoms with van der Waals surface area (Å²) in [5.74, 6) is 1.57. The number of nitrogens with zero attached hydrogens (tertiary/aromatic N) is 3. The fourth-order valence-corrected chi connectivity index (χ4v) is 5.25. The maximum Gasteiger partial charge on any atom is 0.213 e. The number of rotatable bonds is 5. The van der Waals surface area contributed by atoms with Gasteiger partial charge in [0.1, 0.15) is 6.10 Å². The van der Waals surface area contributed by atoms with Gasteiger partial charge in [-0.3, -0.25) is 0 Å². The van der Waals surface area contributed by atoms with E-state index in [2.05, 4.69) is 10.3 Å². The molecule has 0 radical (unpaired) electrons. The van der Waals surface area contributed by atoms with Crippen molar-refractivity contribution in [1.82, 2.24) is 15.2 Å². The molecule has 2 heterocycles. The first-order chi connectivity index (χ1) is 13.8. The van der Waals surface area contributed by atoms with Crippen LogP contribution in [-0.2, 0) is 16.4 Å². The van der Waals surface area contributed by atoms with Crippen LogP contribution in [0.4, 0.5) is 0 Å². The zero-order valence-corrected chi connectivity index (χ0v) is 18.7. The topological polar surface area (TPSA) is 83.9 Å². The van der Waals surface area contributed by atoms with Crippen molar-refractivity contribution < 1.29 is 13.2 Å². The van der Waals surface area contributed by atoms with Crippen molar-refractivity contribution in [3.05, 3.63) is 23.9 Å². The van der Waals surface area contributed by atoms with Crippen molar-refractivity contribution in [1.29, 1.82) is 0 Å². The fourth-order valence-electron chi connectivity index (χ4n) is 3.88. The molecular weight excluding hydrogens is 388 g/mol. The van der Waals surface area contributed by atoms with Crippen molar-refractivity contribution in [3.8, 4) is 5.88 Å². The molecule has 0 unspecified atom stereocenters. The van der Waals surface area contributed by atoms with Crippen LogP contribution in [0.15, 0.2) is 23.3 Å². The fraction of sp³-hybridized carbons (Fsp3) is 0.714. The molecule has 1 N–H and O–H groups in total. The minimum Gasteiger partial charge on any atom is -0.474 e. The molecule has 0 amide bonds. The first-order valence-electron chi connectivity index (χ1n) is 10.7. The second kappa shape index (κ2) is 9.32. The molecule has 0 atom stereocenters. The lowest BCUT2D eigenvalue weighted by atomic mass is 9.98. The molecular formula is C21H34N4O3S. The highest BCUT2D eigenvalue weighted by molar-refractivity contribution is 7.92. The number of sulfone groups is 1. The van der Waals surface area contributed by atoms with Gasteiger partial charge in [-0.15, -0.1) is 0 Å². The predicted molar refractivity (Wildman–Crippen MR) is 116 cm³/mol. The number of hydrogen-bond acceptors (Lipinski definition) is 5. The molecule has 0 aromatic carbocycles. The summed E-state index contributed by atoms with van der Waals surface area (Å²) in [6.45, 7) is 7.72. The van der Waals surface area contributed by atoms with E-state index < -0.39 is 14.6 Å². The number of guanidine groups is 1. The zero-order chi connectivity index (χ0) is 20.9. The van der Waals surface area contributed by atoms with Gasteiger partial charge in [0.15, 0.2) is 15.8 Å². The SMILES string of the molecule is CCNC(=NCc1ccnc(OC2CCCCC2)c1)N1CCS(=O)(=O)C(C)(C)C1. The standard InChI is InChI=1S/C21H34N4O3S/c1-4-22-20(25-12-13-29(26,27)21(2,3)16-25)24-15-17-10-11-23-19(14-17)28-18-8-6-5-7-9-18/h10-11,14,18H,4-9,12-13,15-16H2,1-3H3,(H,22,24). The summed E-state index contributed by atoms with van der Waals surface area (Å²) in [5.41, 5.74) is 1.03. The van der Waals surface area contributed by atoms with Crippen LogP contribution < -0.4 is 10.1 Å². The summed E-state index contributed by atoms with van der Waals surface area (Å²) in [6, 6.07) is 3.91. The largest absolute Gasteiger partial charge is 0.474 e. The summed E-state index contributed by atoms with van der Waals surface area (Å²) < 4.78 is 29.9. The number of ether oxygens (including phenoxy) is 1. The van der Waals surface area contributed by atoms with Crippen LogP contribution in [0.25, 0.3) is 0 Å². The van der Waals surface area contributed by atoms with Crippen LogP contribution in [-0.4, -0.2) is 60.5 Å². The molecule has 1 aromatic rings. The molecule has 1 aromatic heterocycles. The molecule has 7 nitrogen and oxygen atoms in total. The van der Waals surface area contributed by atoms with Crippen LogP contribution in [0.3, 0.4) is 0 Å². The Morgan fingerprint density at radius 2 is 2.10 bits per heavy atom. The van der Waals surface area contributed by atoms with Gasteiger partial charge in [0.25, 0.3) is 0 Å². The molecule has 3 rings (SSSR count). The van der Waals surface area contributed by atoms with Crippen molar-refractivity contribution >= 4 is 15.8 Å². The summed E-state index contributed by atoms with van der Waals surface area (Å²) in [5, 5.41) is 3.30. The molecule has 2 fully saturated rings. The van der Waals surface area contributed by atoms with Crippen molar-refractivity contribution in [2.45, 2.75) is 70.3 Å². The summed E-state index contributed by atoms with van der Waals surface area (Å²) in [6.07, 6.45) is 7.98. The van der Waals surface area contributed by atoms with Crippen molar-refractivity contribution in [3.63, 3.8) is 0 Å². The normalized spacial score (nSPS) is 22.3. The van der Waals surface area contributed by atoms with E-state index in [1.807, 2.05) is 24.0 Å². The number of aliphatic imine (C=N–C) groups is 1. The van der Waals surface area contributed by atoms with Gasteiger partial charge < -0.3 is 15.0 Å². The molecule has 8 heteroatoms. The Morgan fingerprint density at radius 3 is 2.79 bits per heavy atom. The molecule has 29 heavy (non-hydrogen) atoms. The Bertz CT molecular complexity index is 817. The van der Waals surface area contributed by atoms with Crippen LogP contribution >= 0.6 is 0 Å². The van der Waals surface area contributed by atoms with E-state index in [9.17, 15) is 8.42 Å². The van der Waals surface area contributed by atoms with Gasteiger partial charge in [0, 0.05) is 31.9 Å². The van der Waals surface area contributed by atoms with Gasteiger partial charge >= 0.3 is 0 Å². The van der Waals surface area contributed by atoms with Gasteiger partial charge in [-0.1, -0.05) is 6.42 Å². The van der Waals surface area contributed by atoms with Crippen LogP contribution in [0.2, 0.25) is 0 Å². The Balaban J connectivity index is 1.68. The third-order valence-corrected chi connectivity index (χ3v) is 8.26.